The fourth-order valence-electron chi connectivity index (χ4n) is 2.48. The molecule has 0 aliphatic rings. The first-order valence-electron chi connectivity index (χ1n) is 7.89. The van der Waals surface area contributed by atoms with Crippen LogP contribution in [0.4, 0.5) is 10.1 Å². The van der Waals surface area contributed by atoms with Crippen molar-refractivity contribution in [3.05, 3.63) is 59.4 Å². The SMILES string of the molecule is COc1ccc(C)cc1N(CCNC(=O)c1ccccc1F)C(C)=O. The molecule has 2 aromatic rings. The number of hydrogen-bond acceptors (Lipinski definition) is 3. The number of methoxy groups -OCH3 is 1. The van der Waals surface area contributed by atoms with Gasteiger partial charge in [-0.1, -0.05) is 18.2 Å². The molecule has 1 N–H and O–H groups in total. The number of hydrogen-bond donors (Lipinski definition) is 1. The minimum absolute atomic E-state index is 0.0231. The number of halogens is 1. The number of aryl methyl sites for hydroxylation is 1. The molecule has 0 saturated carbocycles. The van der Waals surface area contributed by atoms with Gasteiger partial charge in [0, 0.05) is 20.0 Å². The van der Waals surface area contributed by atoms with Crippen molar-refractivity contribution in [2.75, 3.05) is 25.1 Å². The van der Waals surface area contributed by atoms with Gasteiger partial charge in [0.15, 0.2) is 0 Å². The van der Waals surface area contributed by atoms with Gasteiger partial charge in [-0.05, 0) is 36.8 Å². The van der Waals surface area contributed by atoms with Crippen LogP contribution in [0.15, 0.2) is 42.5 Å². The Kier molecular flexibility index (Phi) is 6.11. The number of anilines is 1. The molecule has 0 unspecified atom stereocenters. The molecule has 0 aliphatic carbocycles. The van der Waals surface area contributed by atoms with Crippen LogP contribution in [-0.2, 0) is 4.79 Å². The third kappa shape index (κ3) is 4.56. The molecule has 0 radical (unpaired) electrons. The number of ether oxygens (including phenoxy) is 1. The second-order valence-corrected chi connectivity index (χ2v) is 5.58. The minimum atomic E-state index is -0.580. The third-order valence-corrected chi connectivity index (χ3v) is 3.74. The highest BCUT2D eigenvalue weighted by molar-refractivity contribution is 5.95. The van der Waals surface area contributed by atoms with E-state index >= 15 is 0 Å². The lowest BCUT2D eigenvalue weighted by molar-refractivity contribution is -0.116. The van der Waals surface area contributed by atoms with Gasteiger partial charge in [-0.3, -0.25) is 9.59 Å². The molecule has 0 fully saturated rings. The lowest BCUT2D eigenvalue weighted by Crippen LogP contribution is -2.38. The molecule has 25 heavy (non-hydrogen) atoms. The van der Waals surface area contributed by atoms with Crippen molar-refractivity contribution in [3.8, 4) is 5.75 Å². The Bertz CT molecular complexity index is 777. The summed E-state index contributed by atoms with van der Waals surface area (Å²) in [5, 5.41) is 2.63. The quantitative estimate of drug-likeness (QED) is 0.876. The highest BCUT2D eigenvalue weighted by atomic mass is 19.1. The second-order valence-electron chi connectivity index (χ2n) is 5.58. The van der Waals surface area contributed by atoms with Crippen LogP contribution in [0.2, 0.25) is 0 Å². The second kappa shape index (κ2) is 8.28. The summed E-state index contributed by atoms with van der Waals surface area (Å²) in [4.78, 5) is 25.6. The van der Waals surface area contributed by atoms with Crippen molar-refractivity contribution in [1.29, 1.82) is 0 Å². The zero-order chi connectivity index (χ0) is 18.4. The van der Waals surface area contributed by atoms with E-state index in [1.165, 1.54) is 37.1 Å². The van der Waals surface area contributed by atoms with E-state index in [1.807, 2.05) is 19.1 Å². The third-order valence-electron chi connectivity index (χ3n) is 3.74. The Hall–Kier alpha value is -2.89. The highest BCUT2D eigenvalue weighted by Crippen LogP contribution is 2.29. The summed E-state index contributed by atoms with van der Waals surface area (Å²) in [5.74, 6) is -0.702. The molecule has 2 amide bonds. The Balaban J connectivity index is 2.09. The zero-order valence-electron chi connectivity index (χ0n) is 14.5. The number of carbonyl (C=O) groups is 2. The number of nitrogens with one attached hydrogen (secondary N) is 1. The van der Waals surface area contributed by atoms with Crippen LogP contribution in [0, 0.1) is 12.7 Å². The van der Waals surface area contributed by atoms with E-state index in [2.05, 4.69) is 5.32 Å². The Labute approximate surface area is 146 Å². The number of amides is 2. The van der Waals surface area contributed by atoms with Gasteiger partial charge >= 0.3 is 0 Å². The smallest absolute Gasteiger partial charge is 0.254 e. The van der Waals surface area contributed by atoms with Crippen LogP contribution < -0.4 is 15.0 Å². The molecule has 2 rings (SSSR count). The van der Waals surface area contributed by atoms with E-state index in [0.29, 0.717) is 11.4 Å². The number of carbonyl (C=O) groups excluding carboxylic acids is 2. The molecule has 6 heteroatoms. The van der Waals surface area contributed by atoms with Crippen LogP contribution in [0.3, 0.4) is 0 Å². The molecular weight excluding hydrogens is 323 g/mol. The van der Waals surface area contributed by atoms with Crippen LogP contribution in [-0.4, -0.2) is 32.0 Å². The average Bonchev–Trinajstić information content (AvgIpc) is 2.58. The van der Waals surface area contributed by atoms with Gasteiger partial charge in [0.1, 0.15) is 11.6 Å². The first kappa shape index (κ1) is 18.4. The van der Waals surface area contributed by atoms with Gasteiger partial charge in [0.05, 0.1) is 18.4 Å². The lowest BCUT2D eigenvalue weighted by Gasteiger charge is -2.24. The Morgan fingerprint density at radius 3 is 2.56 bits per heavy atom. The van der Waals surface area contributed by atoms with Gasteiger partial charge in [0.25, 0.3) is 5.91 Å². The Morgan fingerprint density at radius 2 is 1.92 bits per heavy atom. The summed E-state index contributed by atoms with van der Waals surface area (Å²) >= 11 is 0. The molecule has 0 atom stereocenters. The minimum Gasteiger partial charge on any atom is -0.495 e. The maximum Gasteiger partial charge on any atom is 0.254 e. The topological polar surface area (TPSA) is 58.6 Å². The molecule has 0 aliphatic heterocycles. The number of rotatable bonds is 6. The first-order chi connectivity index (χ1) is 11.9. The molecule has 5 nitrogen and oxygen atoms in total. The van der Waals surface area contributed by atoms with Crippen LogP contribution in [0.25, 0.3) is 0 Å². The fourth-order valence-corrected chi connectivity index (χ4v) is 2.48. The van der Waals surface area contributed by atoms with Crippen molar-refractivity contribution in [3.63, 3.8) is 0 Å². The summed E-state index contributed by atoms with van der Waals surface area (Å²) in [7, 11) is 1.53. The molecule has 0 aromatic heterocycles. The van der Waals surface area contributed by atoms with Gasteiger partial charge in [-0.15, -0.1) is 0 Å². The summed E-state index contributed by atoms with van der Waals surface area (Å²) in [6.45, 7) is 3.79. The van der Waals surface area contributed by atoms with Crippen molar-refractivity contribution in [2.24, 2.45) is 0 Å². The summed E-state index contributed by atoms with van der Waals surface area (Å²) in [5.41, 5.74) is 1.59. The van der Waals surface area contributed by atoms with Crippen molar-refractivity contribution >= 4 is 17.5 Å². The van der Waals surface area contributed by atoms with Gasteiger partial charge < -0.3 is 15.0 Å². The van der Waals surface area contributed by atoms with Crippen LogP contribution >= 0.6 is 0 Å². The lowest BCUT2D eigenvalue weighted by atomic mass is 10.2. The molecule has 0 saturated heterocycles. The highest BCUT2D eigenvalue weighted by Gasteiger charge is 2.17. The van der Waals surface area contributed by atoms with Crippen molar-refractivity contribution < 1.29 is 18.7 Å². The fraction of sp³-hybridized carbons (Fsp3) is 0.263. The van der Waals surface area contributed by atoms with Crippen molar-refractivity contribution in [1.82, 2.24) is 5.32 Å². The molecule has 0 heterocycles. The number of benzene rings is 2. The van der Waals surface area contributed by atoms with Crippen LogP contribution in [0.5, 0.6) is 5.75 Å². The van der Waals surface area contributed by atoms with Gasteiger partial charge in [-0.25, -0.2) is 4.39 Å². The monoisotopic (exact) mass is 344 g/mol. The molecule has 0 spiro atoms. The van der Waals surface area contributed by atoms with E-state index in [9.17, 15) is 14.0 Å². The largest absolute Gasteiger partial charge is 0.495 e. The maximum atomic E-state index is 13.6. The molecule has 2 aromatic carbocycles. The standard InChI is InChI=1S/C19H21FN2O3/c1-13-8-9-18(25-3)17(12-13)22(14(2)23)11-10-21-19(24)15-6-4-5-7-16(15)20/h4-9,12H,10-11H2,1-3H3,(H,21,24). The molecule has 0 bridgehead atoms. The zero-order valence-corrected chi connectivity index (χ0v) is 14.5. The summed E-state index contributed by atoms with van der Waals surface area (Å²) < 4.78 is 18.9. The summed E-state index contributed by atoms with van der Waals surface area (Å²) in [6.07, 6.45) is 0. The number of nitrogens with zero attached hydrogens (tertiary/aromatic N) is 1. The van der Waals surface area contributed by atoms with Gasteiger partial charge in [0.2, 0.25) is 5.91 Å². The van der Waals surface area contributed by atoms with Gasteiger partial charge in [-0.2, -0.15) is 0 Å². The first-order valence-corrected chi connectivity index (χ1v) is 7.89. The average molecular weight is 344 g/mol. The predicted molar refractivity (Wildman–Crippen MR) is 94.5 cm³/mol. The molecule has 132 valence electrons. The van der Waals surface area contributed by atoms with Crippen molar-refractivity contribution in [2.45, 2.75) is 13.8 Å². The van der Waals surface area contributed by atoms with Crippen LogP contribution in [0.1, 0.15) is 22.8 Å². The van der Waals surface area contributed by atoms with E-state index in [-0.39, 0.29) is 24.6 Å². The van der Waals surface area contributed by atoms with E-state index in [0.717, 1.165) is 5.56 Å². The maximum absolute atomic E-state index is 13.6. The van der Waals surface area contributed by atoms with E-state index in [1.54, 1.807) is 12.1 Å². The summed E-state index contributed by atoms with van der Waals surface area (Å²) in [6, 6.07) is 11.3. The predicted octanol–water partition coefficient (Wildman–Crippen LogP) is 2.93. The molecular formula is C19H21FN2O3. The van der Waals surface area contributed by atoms with E-state index in [4.69, 9.17) is 4.74 Å². The normalized spacial score (nSPS) is 10.2. The van der Waals surface area contributed by atoms with E-state index < -0.39 is 11.7 Å². The Morgan fingerprint density at radius 1 is 1.20 bits per heavy atom.